The molecule has 0 radical (unpaired) electrons. The molecule has 0 aliphatic rings. The van der Waals surface area contributed by atoms with Crippen LogP contribution < -0.4 is 10.5 Å². The largest absolute Gasteiger partial charge is 0.491 e. The van der Waals surface area contributed by atoms with Gasteiger partial charge in [-0.1, -0.05) is 6.07 Å². The number of unbranched alkanes of at least 4 members (excludes halogenated alkanes) is 2. The molecule has 0 aliphatic heterocycles. The molecular weight excluding hydrogens is 226 g/mol. The van der Waals surface area contributed by atoms with Crippen molar-refractivity contribution in [1.29, 1.82) is 0 Å². The third-order valence-electron chi connectivity index (χ3n) is 2.97. The van der Waals surface area contributed by atoms with Gasteiger partial charge in [-0.15, -0.1) is 0 Å². The van der Waals surface area contributed by atoms with Crippen molar-refractivity contribution in [2.45, 2.75) is 33.1 Å². The monoisotopic (exact) mass is 251 g/mol. The van der Waals surface area contributed by atoms with E-state index in [-0.39, 0.29) is 0 Å². The van der Waals surface area contributed by atoms with Gasteiger partial charge < -0.3 is 15.2 Å². The first kappa shape index (κ1) is 15.0. The number of benzene rings is 1. The number of aryl methyl sites for hydroxylation is 2. The highest BCUT2D eigenvalue weighted by atomic mass is 16.5. The molecule has 102 valence electrons. The van der Waals surface area contributed by atoms with Crippen LogP contribution in [0.4, 0.5) is 0 Å². The fourth-order valence-electron chi connectivity index (χ4n) is 1.65. The maximum atomic E-state index is 5.62. The Morgan fingerprint density at radius 2 is 1.78 bits per heavy atom. The summed E-state index contributed by atoms with van der Waals surface area (Å²) in [6, 6.07) is 6.15. The minimum absolute atomic E-state index is 0.611. The topological polar surface area (TPSA) is 44.5 Å². The molecule has 0 saturated carbocycles. The normalized spacial score (nSPS) is 10.6. The predicted octanol–water partition coefficient (Wildman–Crippen LogP) is 2.83. The van der Waals surface area contributed by atoms with Gasteiger partial charge in [0.1, 0.15) is 12.4 Å². The van der Waals surface area contributed by atoms with E-state index in [4.69, 9.17) is 15.2 Å². The zero-order valence-corrected chi connectivity index (χ0v) is 11.6. The van der Waals surface area contributed by atoms with Crippen LogP contribution in [0.2, 0.25) is 0 Å². The first-order chi connectivity index (χ1) is 8.74. The van der Waals surface area contributed by atoms with E-state index in [2.05, 4.69) is 26.0 Å². The molecule has 0 heterocycles. The van der Waals surface area contributed by atoms with Crippen molar-refractivity contribution in [3.63, 3.8) is 0 Å². The zero-order chi connectivity index (χ0) is 13.2. The van der Waals surface area contributed by atoms with Crippen LogP contribution in [0, 0.1) is 13.8 Å². The molecule has 3 nitrogen and oxygen atoms in total. The summed E-state index contributed by atoms with van der Waals surface area (Å²) >= 11 is 0. The fraction of sp³-hybridized carbons (Fsp3) is 0.600. The molecule has 3 heteroatoms. The van der Waals surface area contributed by atoms with E-state index >= 15 is 0 Å². The Morgan fingerprint density at radius 3 is 2.50 bits per heavy atom. The maximum absolute atomic E-state index is 5.62. The van der Waals surface area contributed by atoms with Gasteiger partial charge in [-0.2, -0.15) is 0 Å². The molecule has 0 aliphatic carbocycles. The van der Waals surface area contributed by atoms with Crippen LogP contribution in [0.1, 0.15) is 30.4 Å². The average molecular weight is 251 g/mol. The molecule has 0 saturated heterocycles. The van der Waals surface area contributed by atoms with Crippen LogP contribution in [0.15, 0.2) is 18.2 Å². The van der Waals surface area contributed by atoms with Crippen LogP contribution in [0.5, 0.6) is 5.75 Å². The van der Waals surface area contributed by atoms with Crippen molar-refractivity contribution < 1.29 is 9.47 Å². The summed E-state index contributed by atoms with van der Waals surface area (Å²) in [7, 11) is 0. The van der Waals surface area contributed by atoms with Crippen molar-refractivity contribution in [3.8, 4) is 5.75 Å². The summed E-state index contributed by atoms with van der Waals surface area (Å²) in [5.74, 6) is 0.921. The van der Waals surface area contributed by atoms with Crippen molar-refractivity contribution in [3.05, 3.63) is 29.3 Å². The van der Waals surface area contributed by atoms with Crippen molar-refractivity contribution in [1.82, 2.24) is 0 Å². The molecule has 0 atom stereocenters. The number of rotatable bonds is 9. The number of hydrogen-bond acceptors (Lipinski definition) is 3. The lowest BCUT2D eigenvalue weighted by atomic mass is 10.1. The van der Waals surface area contributed by atoms with Gasteiger partial charge in [0.2, 0.25) is 0 Å². The minimum atomic E-state index is 0.611. The van der Waals surface area contributed by atoms with E-state index in [0.717, 1.165) is 38.2 Å². The predicted molar refractivity (Wildman–Crippen MR) is 75.1 cm³/mol. The highest BCUT2D eigenvalue weighted by molar-refractivity contribution is 5.33. The summed E-state index contributed by atoms with van der Waals surface area (Å²) in [5, 5.41) is 0. The Bertz CT molecular complexity index is 339. The minimum Gasteiger partial charge on any atom is -0.491 e. The van der Waals surface area contributed by atoms with E-state index in [9.17, 15) is 0 Å². The first-order valence-electron chi connectivity index (χ1n) is 6.72. The summed E-state index contributed by atoms with van der Waals surface area (Å²) in [6.07, 6.45) is 3.32. The number of hydrogen-bond donors (Lipinski definition) is 1. The van der Waals surface area contributed by atoms with Crippen LogP contribution in [0.25, 0.3) is 0 Å². The Labute approximate surface area is 110 Å². The Balaban J connectivity index is 2.05. The second-order valence-electron chi connectivity index (χ2n) is 4.56. The molecule has 0 bridgehead atoms. The summed E-state index contributed by atoms with van der Waals surface area (Å²) < 4.78 is 11.1. The van der Waals surface area contributed by atoms with E-state index in [1.165, 1.54) is 11.1 Å². The van der Waals surface area contributed by atoms with Crippen LogP contribution in [-0.4, -0.2) is 26.4 Å². The molecule has 0 unspecified atom stereocenters. The van der Waals surface area contributed by atoms with Gasteiger partial charge in [0.15, 0.2) is 0 Å². The van der Waals surface area contributed by atoms with Gasteiger partial charge in [-0.05, 0) is 62.9 Å². The second-order valence-corrected chi connectivity index (χ2v) is 4.56. The quantitative estimate of drug-likeness (QED) is 0.686. The molecule has 1 rings (SSSR count). The van der Waals surface area contributed by atoms with E-state index < -0.39 is 0 Å². The van der Waals surface area contributed by atoms with Gasteiger partial charge in [0.25, 0.3) is 0 Å². The SMILES string of the molecule is Cc1ccc(OCCOCCCCCN)cc1C. The van der Waals surface area contributed by atoms with Crippen LogP contribution in [0.3, 0.4) is 0 Å². The van der Waals surface area contributed by atoms with E-state index in [1.807, 2.05) is 6.07 Å². The summed E-state index contributed by atoms with van der Waals surface area (Å²) in [6.45, 7) is 7.03. The molecule has 0 fully saturated rings. The maximum Gasteiger partial charge on any atom is 0.119 e. The third-order valence-corrected chi connectivity index (χ3v) is 2.97. The van der Waals surface area contributed by atoms with Gasteiger partial charge in [0, 0.05) is 6.61 Å². The lowest BCUT2D eigenvalue weighted by Gasteiger charge is -2.08. The standard InChI is InChI=1S/C15H25NO2/c1-13-6-7-15(12-14(13)2)18-11-10-17-9-5-3-4-8-16/h6-7,12H,3-5,8-11,16H2,1-2H3. The Morgan fingerprint density at radius 1 is 0.944 bits per heavy atom. The summed E-state index contributed by atoms with van der Waals surface area (Å²) in [5.41, 5.74) is 7.97. The van der Waals surface area contributed by atoms with E-state index in [1.54, 1.807) is 0 Å². The average Bonchev–Trinajstić information content (AvgIpc) is 2.37. The fourth-order valence-corrected chi connectivity index (χ4v) is 1.65. The molecule has 0 amide bonds. The molecule has 1 aromatic rings. The van der Waals surface area contributed by atoms with Gasteiger partial charge in [-0.3, -0.25) is 0 Å². The third kappa shape index (κ3) is 6.03. The van der Waals surface area contributed by atoms with Crippen LogP contribution >= 0.6 is 0 Å². The smallest absolute Gasteiger partial charge is 0.119 e. The molecule has 0 spiro atoms. The summed E-state index contributed by atoms with van der Waals surface area (Å²) in [4.78, 5) is 0. The van der Waals surface area contributed by atoms with Crippen molar-refractivity contribution in [2.24, 2.45) is 5.73 Å². The Hall–Kier alpha value is -1.06. The molecular formula is C15H25NO2. The van der Waals surface area contributed by atoms with Gasteiger partial charge >= 0.3 is 0 Å². The van der Waals surface area contributed by atoms with E-state index in [0.29, 0.717) is 13.2 Å². The zero-order valence-electron chi connectivity index (χ0n) is 11.6. The first-order valence-corrected chi connectivity index (χ1v) is 6.72. The highest BCUT2D eigenvalue weighted by Crippen LogP contribution is 2.16. The highest BCUT2D eigenvalue weighted by Gasteiger charge is 1.97. The van der Waals surface area contributed by atoms with Gasteiger partial charge in [0.05, 0.1) is 6.61 Å². The molecule has 0 aromatic heterocycles. The molecule has 2 N–H and O–H groups in total. The lowest BCUT2D eigenvalue weighted by molar-refractivity contribution is 0.0972. The van der Waals surface area contributed by atoms with Gasteiger partial charge in [-0.25, -0.2) is 0 Å². The molecule has 1 aromatic carbocycles. The number of nitrogens with two attached hydrogens (primary N) is 1. The second kappa shape index (κ2) is 8.95. The van der Waals surface area contributed by atoms with Crippen molar-refractivity contribution in [2.75, 3.05) is 26.4 Å². The van der Waals surface area contributed by atoms with Crippen LogP contribution in [-0.2, 0) is 4.74 Å². The number of ether oxygens (including phenoxy) is 2. The Kier molecular flexibility index (Phi) is 7.46. The van der Waals surface area contributed by atoms with Crippen molar-refractivity contribution >= 4 is 0 Å². The lowest BCUT2D eigenvalue weighted by Crippen LogP contribution is -2.08. The molecule has 18 heavy (non-hydrogen) atoms.